The number of fused-ring (bicyclic) bond motifs is 3. The van der Waals surface area contributed by atoms with Crippen molar-refractivity contribution in [1.82, 2.24) is 0 Å². The van der Waals surface area contributed by atoms with Crippen LogP contribution in [0.1, 0.15) is 71.1 Å². The smallest absolute Gasteiger partial charge is 0.334 e. The molecule has 2 aliphatic carbocycles. The second-order valence-electron chi connectivity index (χ2n) is 10.3. The number of carbonyl (C=O) groups excluding carboxylic acids is 2. The molecule has 7 nitrogen and oxygen atoms in total. The molecule has 0 aromatic heterocycles. The molecule has 176 valence electrons. The van der Waals surface area contributed by atoms with Crippen molar-refractivity contribution in [2.75, 3.05) is 6.61 Å². The number of carboxylic acids is 1. The number of carbonyl (C=O) groups is 3. The molecular formula is C25H34O7. The minimum atomic E-state index is -0.870. The zero-order valence-electron chi connectivity index (χ0n) is 18.8. The van der Waals surface area contributed by atoms with Gasteiger partial charge >= 0.3 is 17.9 Å². The van der Waals surface area contributed by atoms with Gasteiger partial charge < -0.3 is 19.3 Å². The molecule has 2 aliphatic heterocycles. The van der Waals surface area contributed by atoms with Crippen LogP contribution in [0.2, 0.25) is 0 Å². The second-order valence-corrected chi connectivity index (χ2v) is 10.3. The van der Waals surface area contributed by atoms with Gasteiger partial charge in [-0.2, -0.15) is 0 Å². The summed E-state index contributed by atoms with van der Waals surface area (Å²) in [5.74, 6) is -2.06. The van der Waals surface area contributed by atoms with Crippen LogP contribution in [0.4, 0.5) is 0 Å². The number of allylic oxidation sites excluding steroid dienone is 2. The van der Waals surface area contributed by atoms with Gasteiger partial charge in [0.15, 0.2) is 0 Å². The van der Waals surface area contributed by atoms with E-state index in [4.69, 9.17) is 14.2 Å². The van der Waals surface area contributed by atoms with Crippen LogP contribution in [0.5, 0.6) is 0 Å². The summed E-state index contributed by atoms with van der Waals surface area (Å²) in [6.07, 6.45) is 10.6. The molecule has 0 aromatic rings. The molecule has 0 radical (unpaired) electrons. The Morgan fingerprint density at radius 3 is 2.66 bits per heavy atom. The van der Waals surface area contributed by atoms with E-state index >= 15 is 0 Å². The van der Waals surface area contributed by atoms with Crippen molar-refractivity contribution in [3.8, 4) is 0 Å². The minimum absolute atomic E-state index is 0.00425. The maximum absolute atomic E-state index is 12.8. The summed E-state index contributed by atoms with van der Waals surface area (Å²) in [5, 5.41) is 9.36. The molecule has 1 unspecified atom stereocenters. The second kappa shape index (κ2) is 9.00. The quantitative estimate of drug-likeness (QED) is 0.285. The lowest BCUT2D eigenvalue weighted by Crippen LogP contribution is -2.36. The molecule has 0 aromatic carbocycles. The zero-order valence-corrected chi connectivity index (χ0v) is 18.8. The van der Waals surface area contributed by atoms with E-state index in [-0.39, 0.29) is 49.0 Å². The maximum Gasteiger partial charge on any atom is 0.334 e. The molecule has 0 spiro atoms. The van der Waals surface area contributed by atoms with E-state index in [0.717, 1.165) is 44.9 Å². The minimum Gasteiger partial charge on any atom is -0.481 e. The highest BCUT2D eigenvalue weighted by Gasteiger charge is 2.62. The maximum atomic E-state index is 12.8. The fraction of sp³-hybridized carbons (Fsp3) is 0.720. The van der Waals surface area contributed by atoms with E-state index in [9.17, 15) is 19.5 Å². The Kier molecular flexibility index (Phi) is 6.48. The number of hydrogen-bond acceptors (Lipinski definition) is 6. The lowest BCUT2D eigenvalue weighted by atomic mass is 9.69. The van der Waals surface area contributed by atoms with Gasteiger partial charge in [0.1, 0.15) is 12.2 Å². The number of carboxylic acid groups (broad SMARTS) is 1. The molecule has 4 aliphatic rings. The highest BCUT2D eigenvalue weighted by Crippen LogP contribution is 2.50. The number of epoxide rings is 1. The number of ether oxygens (including phenoxy) is 3. The Morgan fingerprint density at radius 1 is 1.19 bits per heavy atom. The third-order valence-electron chi connectivity index (χ3n) is 7.84. The van der Waals surface area contributed by atoms with Crippen molar-refractivity contribution >= 4 is 17.9 Å². The number of aliphatic carboxylic acids is 1. The predicted octanol–water partition coefficient (Wildman–Crippen LogP) is 3.96. The first-order valence-corrected chi connectivity index (χ1v) is 11.8. The molecule has 1 N–H and O–H groups in total. The fourth-order valence-electron chi connectivity index (χ4n) is 5.95. The van der Waals surface area contributed by atoms with Gasteiger partial charge in [-0.05, 0) is 44.4 Å². The first kappa shape index (κ1) is 23.0. The Bertz CT molecular complexity index is 809. The van der Waals surface area contributed by atoms with E-state index < -0.39 is 23.5 Å². The molecule has 4 rings (SSSR count). The van der Waals surface area contributed by atoms with Crippen molar-refractivity contribution < 1.29 is 33.7 Å². The molecular weight excluding hydrogens is 412 g/mol. The summed E-state index contributed by atoms with van der Waals surface area (Å²) in [6.45, 7) is 6.16. The predicted molar refractivity (Wildman–Crippen MR) is 116 cm³/mol. The molecule has 0 bridgehead atoms. The van der Waals surface area contributed by atoms with Crippen molar-refractivity contribution in [3.63, 3.8) is 0 Å². The summed E-state index contributed by atoms with van der Waals surface area (Å²) >= 11 is 0. The van der Waals surface area contributed by atoms with Gasteiger partial charge in [-0.1, -0.05) is 38.0 Å². The fourth-order valence-corrected chi connectivity index (χ4v) is 5.95. The van der Waals surface area contributed by atoms with E-state index in [1.807, 2.05) is 6.92 Å². The van der Waals surface area contributed by atoms with Crippen LogP contribution in [0.15, 0.2) is 24.3 Å². The Morgan fingerprint density at radius 2 is 1.94 bits per heavy atom. The van der Waals surface area contributed by atoms with Crippen LogP contribution in [0, 0.1) is 17.3 Å². The van der Waals surface area contributed by atoms with E-state index in [0.29, 0.717) is 12.0 Å². The van der Waals surface area contributed by atoms with Gasteiger partial charge in [-0.15, -0.1) is 0 Å². The molecule has 0 amide bonds. The van der Waals surface area contributed by atoms with Gasteiger partial charge in [-0.3, -0.25) is 9.59 Å². The summed E-state index contributed by atoms with van der Waals surface area (Å²) in [4.78, 5) is 36.6. The molecule has 1 saturated carbocycles. The van der Waals surface area contributed by atoms with E-state index in [1.165, 1.54) is 0 Å². The van der Waals surface area contributed by atoms with Crippen molar-refractivity contribution in [2.45, 2.75) is 88.9 Å². The monoisotopic (exact) mass is 446 g/mol. The molecule has 7 heteroatoms. The first-order valence-electron chi connectivity index (χ1n) is 11.8. The summed E-state index contributed by atoms with van der Waals surface area (Å²) < 4.78 is 17.3. The number of hydrogen-bond donors (Lipinski definition) is 1. The van der Waals surface area contributed by atoms with Crippen molar-refractivity contribution in [2.24, 2.45) is 17.3 Å². The molecule has 5 atom stereocenters. The number of esters is 2. The molecule has 3 fully saturated rings. The average molecular weight is 447 g/mol. The normalized spacial score (nSPS) is 36.9. The topological polar surface area (TPSA) is 102 Å². The van der Waals surface area contributed by atoms with Gasteiger partial charge in [0.05, 0.1) is 25.0 Å². The average Bonchev–Trinajstić information content (AvgIpc) is 3.31. The molecule has 32 heavy (non-hydrogen) atoms. The van der Waals surface area contributed by atoms with Gasteiger partial charge in [-0.25, -0.2) is 4.79 Å². The lowest BCUT2D eigenvalue weighted by Gasteiger charge is -2.35. The largest absolute Gasteiger partial charge is 0.481 e. The standard InChI is InChI=1S/C25H34O7/c1-16-20-17(9-5-3-6-10-24(2)22(32-24)21(20)31-23(16)29)15-30-19(28)14-25(13-18(26)27)11-7-4-8-12-25/h3,5,17,20-22H,1,4,6-15H2,2H3,(H,26,27)/b5-3-/t17?,20-,21+,22+,24-/m1/s1. The van der Waals surface area contributed by atoms with Crippen LogP contribution < -0.4 is 0 Å². The Hall–Kier alpha value is -2.15. The van der Waals surface area contributed by atoms with Crippen LogP contribution in [0.25, 0.3) is 0 Å². The first-order chi connectivity index (χ1) is 15.2. The Labute approximate surface area is 189 Å². The number of rotatable bonds is 6. The van der Waals surface area contributed by atoms with Crippen LogP contribution in [-0.2, 0) is 28.6 Å². The van der Waals surface area contributed by atoms with Crippen molar-refractivity contribution in [3.05, 3.63) is 24.3 Å². The Balaban J connectivity index is 1.45. The summed E-state index contributed by atoms with van der Waals surface area (Å²) in [7, 11) is 0. The molecule has 2 heterocycles. The highest BCUT2D eigenvalue weighted by molar-refractivity contribution is 5.91. The van der Waals surface area contributed by atoms with Gasteiger partial charge in [0.2, 0.25) is 0 Å². The zero-order chi connectivity index (χ0) is 22.9. The van der Waals surface area contributed by atoms with Crippen LogP contribution in [-0.4, -0.2) is 47.4 Å². The highest BCUT2D eigenvalue weighted by atomic mass is 16.6. The summed E-state index contributed by atoms with van der Waals surface area (Å²) in [5.41, 5.74) is -0.405. The third-order valence-corrected chi connectivity index (χ3v) is 7.84. The van der Waals surface area contributed by atoms with Crippen LogP contribution >= 0.6 is 0 Å². The summed E-state index contributed by atoms with van der Waals surface area (Å²) in [6, 6.07) is 0. The van der Waals surface area contributed by atoms with E-state index in [2.05, 4.69) is 18.7 Å². The van der Waals surface area contributed by atoms with Crippen molar-refractivity contribution in [1.29, 1.82) is 0 Å². The molecule has 2 saturated heterocycles. The van der Waals surface area contributed by atoms with E-state index in [1.54, 1.807) is 0 Å². The van der Waals surface area contributed by atoms with Gasteiger partial charge in [0.25, 0.3) is 0 Å². The third kappa shape index (κ3) is 4.77. The SMILES string of the molecule is C=C1C(=O)O[C@H]2[C@H]1C(COC(=O)CC1(CC(=O)O)CCCCC1)C/C=C\CC[C@@]1(C)O[C@@H]21. The van der Waals surface area contributed by atoms with Gasteiger partial charge in [0, 0.05) is 17.4 Å². The van der Waals surface area contributed by atoms with Crippen LogP contribution in [0.3, 0.4) is 0 Å². The lowest BCUT2D eigenvalue weighted by molar-refractivity contribution is -0.151.